The van der Waals surface area contributed by atoms with Crippen molar-refractivity contribution in [3.8, 4) is 0 Å². The molecule has 7 heteroatoms. The molecule has 3 fully saturated rings. The molecule has 2 aliphatic carbocycles. The van der Waals surface area contributed by atoms with Crippen LogP contribution in [0.2, 0.25) is 0 Å². The molecule has 0 bridgehead atoms. The van der Waals surface area contributed by atoms with Crippen LogP contribution in [0.4, 0.5) is 4.79 Å². The van der Waals surface area contributed by atoms with E-state index in [0.717, 1.165) is 56.9 Å². The molecule has 35 heavy (non-hydrogen) atoms. The van der Waals surface area contributed by atoms with E-state index in [0.29, 0.717) is 31.2 Å². The fourth-order valence-corrected chi connectivity index (χ4v) is 6.65. The predicted molar refractivity (Wildman–Crippen MR) is 133 cm³/mol. The van der Waals surface area contributed by atoms with Crippen molar-refractivity contribution in [2.45, 2.75) is 95.7 Å². The number of rotatable bonds is 8. The van der Waals surface area contributed by atoms with Gasteiger partial charge in [-0.05, 0) is 36.2 Å². The van der Waals surface area contributed by atoms with Crippen molar-refractivity contribution < 1.29 is 24.2 Å². The molecule has 3 aliphatic rings. The number of benzene rings is 1. The second kappa shape index (κ2) is 12.4. The lowest BCUT2D eigenvalue weighted by Gasteiger charge is -2.43. The first-order chi connectivity index (χ1) is 17.0. The van der Waals surface area contributed by atoms with Crippen LogP contribution < -0.4 is 5.32 Å². The minimum Gasteiger partial charge on any atom is -0.480 e. The number of hydrogen-bond donors (Lipinski definition) is 2. The van der Waals surface area contributed by atoms with Crippen molar-refractivity contribution in [3.63, 3.8) is 0 Å². The normalized spacial score (nSPS) is 22.7. The van der Waals surface area contributed by atoms with E-state index < -0.39 is 24.1 Å². The van der Waals surface area contributed by atoms with Crippen LogP contribution in [-0.2, 0) is 20.9 Å². The zero-order valence-electron chi connectivity index (χ0n) is 20.7. The van der Waals surface area contributed by atoms with Gasteiger partial charge in [0.1, 0.15) is 18.7 Å². The highest BCUT2D eigenvalue weighted by Crippen LogP contribution is 2.42. The molecular formula is C28H40N2O5. The molecule has 1 saturated heterocycles. The molecule has 2 N–H and O–H groups in total. The first kappa shape index (κ1) is 25.5. The number of carboxylic acids is 1. The molecule has 0 aromatic heterocycles. The van der Waals surface area contributed by atoms with Crippen molar-refractivity contribution in [1.82, 2.24) is 10.2 Å². The number of nitrogens with one attached hydrogen (secondary N) is 1. The van der Waals surface area contributed by atoms with E-state index in [1.807, 2.05) is 30.3 Å². The van der Waals surface area contributed by atoms with Crippen molar-refractivity contribution in [2.75, 3.05) is 6.54 Å². The molecule has 1 heterocycles. The maximum atomic E-state index is 14.0. The number of likely N-dealkylation sites (tertiary alicyclic amines) is 1. The minimum absolute atomic E-state index is 0.0161. The van der Waals surface area contributed by atoms with E-state index >= 15 is 0 Å². The summed E-state index contributed by atoms with van der Waals surface area (Å²) in [6, 6.07) is 7.92. The average Bonchev–Trinajstić information content (AvgIpc) is 3.39. The lowest BCUT2D eigenvalue weighted by Crippen LogP contribution is -2.57. The highest BCUT2D eigenvalue weighted by molar-refractivity contribution is 5.90. The summed E-state index contributed by atoms with van der Waals surface area (Å²) in [6.07, 6.45) is 11.8. The van der Waals surface area contributed by atoms with Crippen LogP contribution in [0.3, 0.4) is 0 Å². The maximum Gasteiger partial charge on any atom is 0.408 e. The van der Waals surface area contributed by atoms with Crippen LogP contribution in [0.1, 0.15) is 82.6 Å². The number of ether oxygens (including phenoxy) is 1. The molecule has 0 unspecified atom stereocenters. The van der Waals surface area contributed by atoms with Gasteiger partial charge in [-0.2, -0.15) is 0 Å². The molecule has 0 spiro atoms. The van der Waals surface area contributed by atoms with Gasteiger partial charge in [-0.15, -0.1) is 0 Å². The van der Waals surface area contributed by atoms with Crippen LogP contribution in [0, 0.1) is 17.8 Å². The molecule has 2 atom stereocenters. The SMILES string of the molecule is O=C(N[C@@H](C(=O)N1CCC[C@H]1C(=O)O)C(C1CCCCC1)C1CCCCC1)OCc1ccccc1. The van der Waals surface area contributed by atoms with Crippen molar-refractivity contribution in [3.05, 3.63) is 35.9 Å². The lowest BCUT2D eigenvalue weighted by atomic mass is 9.66. The van der Waals surface area contributed by atoms with Gasteiger partial charge in [-0.3, -0.25) is 4.79 Å². The number of carboxylic acid groups (broad SMARTS) is 1. The number of hydrogen-bond acceptors (Lipinski definition) is 4. The van der Waals surface area contributed by atoms with Gasteiger partial charge < -0.3 is 20.1 Å². The largest absolute Gasteiger partial charge is 0.480 e. The Balaban J connectivity index is 1.58. The quantitative estimate of drug-likeness (QED) is 0.533. The molecular weight excluding hydrogens is 444 g/mol. The van der Waals surface area contributed by atoms with Crippen LogP contribution in [-0.4, -0.2) is 46.6 Å². The van der Waals surface area contributed by atoms with E-state index in [1.54, 1.807) is 0 Å². The monoisotopic (exact) mass is 484 g/mol. The van der Waals surface area contributed by atoms with E-state index in [1.165, 1.54) is 17.7 Å². The highest BCUT2D eigenvalue weighted by Gasteiger charge is 2.45. The van der Waals surface area contributed by atoms with Crippen molar-refractivity contribution in [2.24, 2.45) is 17.8 Å². The highest BCUT2D eigenvalue weighted by atomic mass is 16.5. The van der Waals surface area contributed by atoms with Gasteiger partial charge in [0.05, 0.1) is 0 Å². The summed E-state index contributed by atoms with van der Waals surface area (Å²) < 4.78 is 5.53. The Labute approximate surface area is 208 Å². The first-order valence-corrected chi connectivity index (χ1v) is 13.5. The number of amides is 2. The fourth-order valence-electron chi connectivity index (χ4n) is 6.65. The summed E-state index contributed by atoms with van der Waals surface area (Å²) >= 11 is 0. The third-order valence-electron chi connectivity index (χ3n) is 8.35. The lowest BCUT2D eigenvalue weighted by molar-refractivity contribution is -0.150. The molecule has 1 aromatic carbocycles. The van der Waals surface area contributed by atoms with E-state index in [-0.39, 0.29) is 18.4 Å². The van der Waals surface area contributed by atoms with Gasteiger partial charge in [0.15, 0.2) is 0 Å². The Morgan fingerprint density at radius 2 is 1.49 bits per heavy atom. The molecule has 192 valence electrons. The molecule has 4 rings (SSSR count). The van der Waals surface area contributed by atoms with Gasteiger partial charge in [-0.1, -0.05) is 94.5 Å². The Hall–Kier alpha value is -2.57. The molecule has 2 saturated carbocycles. The van der Waals surface area contributed by atoms with Gasteiger partial charge in [0, 0.05) is 6.54 Å². The second-order valence-corrected chi connectivity index (χ2v) is 10.6. The number of aliphatic carboxylic acids is 1. The molecule has 1 aliphatic heterocycles. The minimum atomic E-state index is -0.965. The van der Waals surface area contributed by atoms with Crippen molar-refractivity contribution in [1.29, 1.82) is 0 Å². The second-order valence-electron chi connectivity index (χ2n) is 10.6. The summed E-state index contributed by atoms with van der Waals surface area (Å²) in [6.45, 7) is 0.557. The number of nitrogens with zero attached hydrogens (tertiary/aromatic N) is 1. The molecule has 2 amide bonds. The van der Waals surface area contributed by atoms with Crippen LogP contribution in [0.15, 0.2) is 30.3 Å². The van der Waals surface area contributed by atoms with E-state index in [9.17, 15) is 19.5 Å². The fraction of sp³-hybridized carbons (Fsp3) is 0.679. The zero-order valence-corrected chi connectivity index (χ0v) is 20.7. The van der Waals surface area contributed by atoms with Crippen LogP contribution >= 0.6 is 0 Å². The smallest absolute Gasteiger partial charge is 0.408 e. The summed E-state index contributed by atoms with van der Waals surface area (Å²) in [5.74, 6) is -0.467. The van der Waals surface area contributed by atoms with Crippen LogP contribution in [0.5, 0.6) is 0 Å². The molecule has 1 aromatic rings. The number of carbonyl (C=O) groups is 3. The van der Waals surface area contributed by atoms with Crippen LogP contribution in [0.25, 0.3) is 0 Å². The third-order valence-corrected chi connectivity index (χ3v) is 8.35. The molecule has 7 nitrogen and oxygen atoms in total. The first-order valence-electron chi connectivity index (χ1n) is 13.5. The number of carbonyl (C=O) groups excluding carboxylic acids is 2. The van der Waals surface area contributed by atoms with Gasteiger partial charge in [0.25, 0.3) is 0 Å². The van der Waals surface area contributed by atoms with Crippen molar-refractivity contribution >= 4 is 18.0 Å². The van der Waals surface area contributed by atoms with E-state index in [2.05, 4.69) is 5.32 Å². The van der Waals surface area contributed by atoms with Gasteiger partial charge in [0.2, 0.25) is 5.91 Å². The zero-order chi connectivity index (χ0) is 24.6. The standard InChI is InChI=1S/C28H40N2O5/c31-26(30-18-10-17-23(30)27(32)33)25(29-28(34)35-19-20-11-4-1-5-12-20)24(21-13-6-2-7-14-21)22-15-8-3-9-16-22/h1,4-5,11-12,21-25H,2-3,6-10,13-19H2,(H,29,34)(H,32,33)/t23-,25+/m0/s1. The summed E-state index contributed by atoms with van der Waals surface area (Å²) in [4.78, 5) is 40.4. The predicted octanol–water partition coefficient (Wildman–Crippen LogP) is 5.13. The average molecular weight is 485 g/mol. The summed E-state index contributed by atoms with van der Waals surface area (Å²) in [7, 11) is 0. The Kier molecular flexibility index (Phi) is 9.05. The summed E-state index contributed by atoms with van der Waals surface area (Å²) in [5, 5.41) is 12.7. The Bertz CT molecular complexity index is 830. The Morgan fingerprint density at radius 1 is 0.886 bits per heavy atom. The van der Waals surface area contributed by atoms with Gasteiger partial charge in [-0.25, -0.2) is 9.59 Å². The number of alkyl carbamates (subject to hydrolysis) is 1. The molecule has 0 radical (unpaired) electrons. The Morgan fingerprint density at radius 3 is 2.06 bits per heavy atom. The van der Waals surface area contributed by atoms with E-state index in [4.69, 9.17) is 4.74 Å². The topological polar surface area (TPSA) is 95.9 Å². The summed E-state index contributed by atoms with van der Waals surface area (Å²) in [5.41, 5.74) is 0.882. The third kappa shape index (κ3) is 6.56. The van der Waals surface area contributed by atoms with Gasteiger partial charge >= 0.3 is 12.1 Å². The maximum absolute atomic E-state index is 14.0.